The van der Waals surface area contributed by atoms with Crippen LogP contribution >= 0.6 is 0 Å². The van der Waals surface area contributed by atoms with Gasteiger partial charge in [0.25, 0.3) is 0 Å². The highest BCUT2D eigenvalue weighted by Gasteiger charge is 2.19. The maximum absolute atomic E-state index is 12.7. The fourth-order valence-electron chi connectivity index (χ4n) is 2.86. The number of hydrogen-bond donors (Lipinski definition) is 1. The number of aryl methyl sites for hydroxylation is 3. The van der Waals surface area contributed by atoms with Gasteiger partial charge >= 0.3 is 0 Å². The van der Waals surface area contributed by atoms with Crippen LogP contribution in [0, 0.1) is 20.8 Å². The van der Waals surface area contributed by atoms with E-state index in [4.69, 9.17) is 4.74 Å². The number of rotatable bonds is 5. The van der Waals surface area contributed by atoms with E-state index < -0.39 is 10.0 Å². The van der Waals surface area contributed by atoms with Gasteiger partial charge in [0, 0.05) is 18.8 Å². The van der Waals surface area contributed by atoms with Gasteiger partial charge in [-0.3, -0.25) is 0 Å². The summed E-state index contributed by atoms with van der Waals surface area (Å²) in [6.07, 6.45) is 0. The van der Waals surface area contributed by atoms with Crippen molar-refractivity contribution in [2.24, 2.45) is 0 Å². The van der Waals surface area contributed by atoms with Gasteiger partial charge in [0.2, 0.25) is 16.0 Å². The van der Waals surface area contributed by atoms with E-state index in [1.807, 2.05) is 26.0 Å². The van der Waals surface area contributed by atoms with Crippen LogP contribution in [0.4, 0.5) is 5.95 Å². The molecule has 0 amide bonds. The third-order valence-electron chi connectivity index (χ3n) is 4.27. The zero-order valence-corrected chi connectivity index (χ0v) is 16.1. The van der Waals surface area contributed by atoms with Gasteiger partial charge < -0.3 is 9.64 Å². The molecule has 0 atom stereocenters. The second kappa shape index (κ2) is 7.69. The van der Waals surface area contributed by atoms with Crippen LogP contribution in [0.3, 0.4) is 0 Å². The van der Waals surface area contributed by atoms with Crippen molar-refractivity contribution in [2.45, 2.75) is 32.2 Å². The lowest BCUT2D eigenvalue weighted by Crippen LogP contribution is -2.37. The molecule has 1 N–H and O–H groups in total. The second-order valence-corrected chi connectivity index (χ2v) is 8.23. The Morgan fingerprint density at radius 2 is 1.85 bits per heavy atom. The summed E-state index contributed by atoms with van der Waals surface area (Å²) in [7, 11) is -3.61. The smallest absolute Gasteiger partial charge is 0.241 e. The molecule has 0 spiro atoms. The van der Waals surface area contributed by atoms with Crippen molar-refractivity contribution in [1.29, 1.82) is 0 Å². The van der Waals surface area contributed by atoms with Gasteiger partial charge in [0.05, 0.1) is 30.3 Å². The van der Waals surface area contributed by atoms with E-state index >= 15 is 0 Å². The van der Waals surface area contributed by atoms with Gasteiger partial charge in [-0.2, -0.15) is 0 Å². The number of sulfonamides is 1. The van der Waals surface area contributed by atoms with Crippen LogP contribution < -0.4 is 9.62 Å². The van der Waals surface area contributed by atoms with Crippen LogP contribution in [-0.4, -0.2) is 44.7 Å². The van der Waals surface area contributed by atoms with Crippen molar-refractivity contribution in [3.05, 3.63) is 46.8 Å². The first-order chi connectivity index (χ1) is 12.3. The molecule has 8 heteroatoms. The second-order valence-electron chi connectivity index (χ2n) is 6.49. The number of hydrogen-bond acceptors (Lipinski definition) is 6. The molecule has 140 valence electrons. The fraction of sp³-hybridized carbons (Fsp3) is 0.444. The van der Waals surface area contributed by atoms with Crippen molar-refractivity contribution in [3.63, 3.8) is 0 Å². The lowest BCUT2D eigenvalue weighted by Gasteiger charge is -2.27. The van der Waals surface area contributed by atoms with Gasteiger partial charge in [-0.25, -0.2) is 23.1 Å². The zero-order valence-electron chi connectivity index (χ0n) is 15.3. The first-order valence-electron chi connectivity index (χ1n) is 8.59. The molecule has 1 aliphatic heterocycles. The summed E-state index contributed by atoms with van der Waals surface area (Å²) in [6.45, 7) is 8.43. The average Bonchev–Trinajstić information content (AvgIpc) is 2.62. The van der Waals surface area contributed by atoms with Crippen molar-refractivity contribution < 1.29 is 13.2 Å². The van der Waals surface area contributed by atoms with Gasteiger partial charge in [-0.15, -0.1) is 0 Å². The van der Waals surface area contributed by atoms with Crippen LogP contribution in [0.25, 0.3) is 0 Å². The number of benzene rings is 1. The van der Waals surface area contributed by atoms with E-state index in [2.05, 4.69) is 19.6 Å². The third kappa shape index (κ3) is 4.38. The molecule has 2 aromatic rings. The highest BCUT2D eigenvalue weighted by molar-refractivity contribution is 7.89. The zero-order chi connectivity index (χ0) is 18.7. The number of ether oxygens (including phenoxy) is 1. The standard InChI is InChI=1S/C18H24N4O3S/c1-13-4-5-14(2)17(10-13)26(23,24)19-12-16-11-15(3)20-18(21-16)22-6-8-25-9-7-22/h4-5,10-11,19H,6-9,12H2,1-3H3. The summed E-state index contributed by atoms with van der Waals surface area (Å²) >= 11 is 0. The minimum Gasteiger partial charge on any atom is -0.378 e. The Morgan fingerprint density at radius 1 is 1.12 bits per heavy atom. The summed E-state index contributed by atoms with van der Waals surface area (Å²) in [5, 5.41) is 0. The maximum Gasteiger partial charge on any atom is 0.241 e. The van der Waals surface area contributed by atoms with Crippen molar-refractivity contribution >= 4 is 16.0 Å². The lowest BCUT2D eigenvalue weighted by atomic mass is 10.2. The predicted molar refractivity (Wildman–Crippen MR) is 99.7 cm³/mol. The Labute approximate surface area is 154 Å². The monoisotopic (exact) mass is 376 g/mol. The van der Waals surface area contributed by atoms with Crippen molar-refractivity contribution in [1.82, 2.24) is 14.7 Å². The molecule has 1 aromatic heterocycles. The number of morpholine rings is 1. The van der Waals surface area contributed by atoms with E-state index in [-0.39, 0.29) is 6.54 Å². The minimum absolute atomic E-state index is 0.121. The van der Waals surface area contributed by atoms with E-state index in [1.165, 1.54) is 0 Å². The molecular weight excluding hydrogens is 352 g/mol. The van der Waals surface area contributed by atoms with Crippen molar-refractivity contribution in [3.8, 4) is 0 Å². The summed E-state index contributed by atoms with van der Waals surface area (Å²) in [6, 6.07) is 7.20. The minimum atomic E-state index is -3.61. The first-order valence-corrected chi connectivity index (χ1v) is 10.1. The Kier molecular flexibility index (Phi) is 5.55. The molecule has 1 saturated heterocycles. The van der Waals surface area contributed by atoms with Crippen LogP contribution in [0.15, 0.2) is 29.2 Å². The molecule has 3 rings (SSSR count). The quantitative estimate of drug-likeness (QED) is 0.855. The van der Waals surface area contributed by atoms with Gasteiger partial charge in [0.15, 0.2) is 0 Å². The molecule has 1 fully saturated rings. The van der Waals surface area contributed by atoms with Crippen LogP contribution in [0.2, 0.25) is 0 Å². The SMILES string of the molecule is Cc1ccc(C)c(S(=O)(=O)NCc2cc(C)nc(N3CCOCC3)n2)c1. The Balaban J connectivity index is 1.78. The largest absolute Gasteiger partial charge is 0.378 e. The average molecular weight is 376 g/mol. The highest BCUT2D eigenvalue weighted by atomic mass is 32.2. The Hall–Kier alpha value is -2.03. The molecular formula is C18H24N4O3S. The number of nitrogens with zero attached hydrogens (tertiary/aromatic N) is 3. The third-order valence-corrected chi connectivity index (χ3v) is 5.81. The molecule has 1 aliphatic rings. The number of nitrogens with one attached hydrogen (secondary N) is 1. The summed E-state index contributed by atoms with van der Waals surface area (Å²) in [5.41, 5.74) is 3.08. The molecule has 0 radical (unpaired) electrons. The van der Waals surface area contributed by atoms with Crippen LogP contribution in [0.1, 0.15) is 22.5 Å². The molecule has 7 nitrogen and oxygen atoms in total. The fourth-order valence-corrected chi connectivity index (χ4v) is 4.18. The molecule has 0 aliphatic carbocycles. The molecule has 1 aromatic carbocycles. The maximum atomic E-state index is 12.7. The van der Waals surface area contributed by atoms with Crippen LogP contribution in [-0.2, 0) is 21.3 Å². The van der Waals surface area contributed by atoms with E-state index in [1.54, 1.807) is 19.1 Å². The molecule has 0 saturated carbocycles. The van der Waals surface area contributed by atoms with Gasteiger partial charge in [0.1, 0.15) is 0 Å². The molecule has 0 unspecified atom stereocenters. The molecule has 0 bridgehead atoms. The summed E-state index contributed by atoms with van der Waals surface area (Å²) in [4.78, 5) is 11.4. The molecule has 26 heavy (non-hydrogen) atoms. The Bertz CT molecular complexity index is 893. The lowest BCUT2D eigenvalue weighted by molar-refractivity contribution is 0.122. The normalized spacial score (nSPS) is 15.3. The Morgan fingerprint density at radius 3 is 2.58 bits per heavy atom. The van der Waals surface area contributed by atoms with Gasteiger partial charge in [-0.1, -0.05) is 12.1 Å². The first kappa shape index (κ1) is 18.8. The van der Waals surface area contributed by atoms with E-state index in [0.717, 1.165) is 29.9 Å². The van der Waals surface area contributed by atoms with Crippen molar-refractivity contribution in [2.75, 3.05) is 31.2 Å². The number of anilines is 1. The number of aromatic nitrogens is 2. The summed E-state index contributed by atoms with van der Waals surface area (Å²) < 4.78 is 33.3. The summed E-state index contributed by atoms with van der Waals surface area (Å²) in [5.74, 6) is 0.620. The van der Waals surface area contributed by atoms with Gasteiger partial charge in [-0.05, 0) is 44.0 Å². The van der Waals surface area contributed by atoms with E-state index in [0.29, 0.717) is 29.8 Å². The molecule has 2 heterocycles. The topological polar surface area (TPSA) is 84.4 Å². The van der Waals surface area contributed by atoms with E-state index in [9.17, 15) is 8.42 Å². The van der Waals surface area contributed by atoms with Crippen LogP contribution in [0.5, 0.6) is 0 Å². The highest BCUT2D eigenvalue weighted by Crippen LogP contribution is 2.17. The predicted octanol–water partition coefficient (Wildman–Crippen LogP) is 1.72.